The van der Waals surface area contributed by atoms with Crippen molar-refractivity contribution in [3.8, 4) is 0 Å². The van der Waals surface area contributed by atoms with Crippen molar-refractivity contribution in [3.63, 3.8) is 0 Å². The van der Waals surface area contributed by atoms with E-state index in [9.17, 15) is 9.59 Å². The molecule has 2 aliphatic carbocycles. The molecule has 0 bridgehead atoms. The molecular weight excluding hydrogens is 467 g/mol. The van der Waals surface area contributed by atoms with Crippen molar-refractivity contribution in [1.82, 2.24) is 15.1 Å². The second-order valence-corrected chi connectivity index (χ2v) is 12.2. The summed E-state index contributed by atoms with van der Waals surface area (Å²) in [4.78, 5) is 27.0. The lowest BCUT2D eigenvalue weighted by molar-refractivity contribution is -0.119. The zero-order valence-electron chi connectivity index (χ0n) is 22.8. The number of hydrogen-bond acceptors (Lipinski definition) is 5. The van der Waals surface area contributed by atoms with E-state index in [0.29, 0.717) is 23.2 Å². The third-order valence-electron chi connectivity index (χ3n) is 8.38. The summed E-state index contributed by atoms with van der Waals surface area (Å²) in [5.41, 5.74) is 1.23. The Hall–Kier alpha value is -2.65. The molecule has 198 valence electrons. The third kappa shape index (κ3) is 5.34. The van der Waals surface area contributed by atoms with E-state index in [1.807, 2.05) is 65.8 Å². The zero-order valence-corrected chi connectivity index (χ0v) is 22.8. The number of amides is 2. The molecule has 0 unspecified atom stereocenters. The largest absolute Gasteiger partial charge is 0.494 e. The fourth-order valence-electron chi connectivity index (χ4n) is 5.27. The number of aromatic nitrogens is 2. The summed E-state index contributed by atoms with van der Waals surface area (Å²) in [5, 5.41) is 10.5. The smallest absolute Gasteiger partial charge is 0.399 e. The molecule has 3 fully saturated rings. The van der Waals surface area contributed by atoms with Crippen molar-refractivity contribution >= 4 is 30.1 Å². The predicted octanol–water partition coefficient (Wildman–Crippen LogP) is 3.94. The minimum atomic E-state index is -0.592. The van der Waals surface area contributed by atoms with E-state index in [0.717, 1.165) is 31.1 Å². The van der Waals surface area contributed by atoms with Gasteiger partial charge >= 0.3 is 7.12 Å². The molecule has 8 nitrogen and oxygen atoms in total. The minimum Gasteiger partial charge on any atom is -0.399 e. The van der Waals surface area contributed by atoms with Gasteiger partial charge in [-0.2, -0.15) is 5.10 Å². The van der Waals surface area contributed by atoms with Crippen LogP contribution in [0, 0.1) is 17.8 Å². The van der Waals surface area contributed by atoms with Gasteiger partial charge < -0.3 is 19.9 Å². The fraction of sp³-hybridized carbons (Fsp3) is 0.607. The number of carbonyl (C=O) groups is 2. The van der Waals surface area contributed by atoms with Gasteiger partial charge in [-0.05, 0) is 109 Å². The van der Waals surface area contributed by atoms with Crippen molar-refractivity contribution in [2.45, 2.75) is 90.5 Å². The molecule has 1 aromatic heterocycles. The SMILES string of the molecule is CC(C)n1nccc1C(=O)N[C@H](C(=O)Nc1ccc(B2OC(C)(C)C(C)(C)O2)cc1)C(C1CC1)C1CC1. The van der Waals surface area contributed by atoms with Crippen molar-refractivity contribution in [1.29, 1.82) is 0 Å². The van der Waals surface area contributed by atoms with Crippen molar-refractivity contribution in [3.05, 3.63) is 42.2 Å². The Morgan fingerprint density at radius 2 is 1.54 bits per heavy atom. The van der Waals surface area contributed by atoms with Gasteiger partial charge in [0.1, 0.15) is 11.7 Å². The van der Waals surface area contributed by atoms with E-state index in [4.69, 9.17) is 9.31 Å². The highest BCUT2D eigenvalue weighted by Crippen LogP contribution is 2.51. The van der Waals surface area contributed by atoms with E-state index in [1.54, 1.807) is 16.9 Å². The molecule has 2 N–H and O–H groups in total. The maximum absolute atomic E-state index is 13.7. The summed E-state index contributed by atoms with van der Waals surface area (Å²) >= 11 is 0. The second kappa shape index (κ2) is 9.59. The van der Waals surface area contributed by atoms with Crippen LogP contribution in [0.4, 0.5) is 5.69 Å². The highest BCUT2D eigenvalue weighted by molar-refractivity contribution is 6.62. The molecule has 2 heterocycles. The van der Waals surface area contributed by atoms with Gasteiger partial charge in [0, 0.05) is 17.9 Å². The summed E-state index contributed by atoms with van der Waals surface area (Å²) < 4.78 is 14.0. The lowest BCUT2D eigenvalue weighted by atomic mass is 9.79. The maximum Gasteiger partial charge on any atom is 0.494 e. The van der Waals surface area contributed by atoms with E-state index >= 15 is 0 Å². The van der Waals surface area contributed by atoms with Crippen LogP contribution in [0.5, 0.6) is 0 Å². The average molecular weight is 506 g/mol. The molecule has 2 amide bonds. The minimum absolute atomic E-state index is 0.0492. The van der Waals surface area contributed by atoms with E-state index in [2.05, 4.69) is 15.7 Å². The van der Waals surface area contributed by atoms with Gasteiger partial charge in [-0.15, -0.1) is 0 Å². The number of anilines is 1. The molecule has 1 aromatic carbocycles. The molecule has 0 spiro atoms. The lowest BCUT2D eigenvalue weighted by Crippen LogP contribution is -2.50. The van der Waals surface area contributed by atoms with Gasteiger partial charge in [-0.3, -0.25) is 14.3 Å². The van der Waals surface area contributed by atoms with Crippen molar-refractivity contribution in [2.24, 2.45) is 17.8 Å². The number of rotatable bonds is 9. The van der Waals surface area contributed by atoms with Crippen LogP contribution in [0.1, 0.15) is 83.8 Å². The topological polar surface area (TPSA) is 94.5 Å². The van der Waals surface area contributed by atoms with E-state index < -0.39 is 24.4 Å². The average Bonchev–Trinajstić information content (AvgIpc) is 3.76. The lowest BCUT2D eigenvalue weighted by Gasteiger charge is -2.32. The first-order chi connectivity index (χ1) is 17.5. The highest BCUT2D eigenvalue weighted by atomic mass is 16.7. The van der Waals surface area contributed by atoms with Crippen molar-refractivity contribution in [2.75, 3.05) is 5.32 Å². The summed E-state index contributed by atoms with van der Waals surface area (Å²) in [6.45, 7) is 12.1. The Morgan fingerprint density at radius 3 is 2.05 bits per heavy atom. The van der Waals surface area contributed by atoms with Crippen LogP contribution in [0.3, 0.4) is 0 Å². The van der Waals surface area contributed by atoms with Crippen LogP contribution in [-0.2, 0) is 14.1 Å². The summed E-state index contributed by atoms with van der Waals surface area (Å²) in [7, 11) is -0.457. The van der Waals surface area contributed by atoms with Crippen LogP contribution in [0.15, 0.2) is 36.5 Å². The number of hydrogen-bond donors (Lipinski definition) is 2. The second-order valence-electron chi connectivity index (χ2n) is 12.2. The van der Waals surface area contributed by atoms with Crippen LogP contribution in [-0.4, -0.2) is 46.0 Å². The Kier molecular flexibility index (Phi) is 6.73. The molecule has 1 saturated heterocycles. The normalized spacial score (nSPS) is 21.4. The predicted molar refractivity (Wildman–Crippen MR) is 144 cm³/mol. The molecule has 2 aromatic rings. The highest BCUT2D eigenvalue weighted by Gasteiger charge is 2.52. The van der Waals surface area contributed by atoms with Gasteiger partial charge in [-0.1, -0.05) is 12.1 Å². The number of nitrogens with one attached hydrogen (secondary N) is 2. The third-order valence-corrected chi connectivity index (χ3v) is 8.38. The van der Waals surface area contributed by atoms with Gasteiger partial charge in [0.25, 0.3) is 5.91 Å². The standard InChI is InChI=1S/C28H39BN4O4/c1-17(2)33-22(15-16-30-33)25(34)32-24(23(18-7-8-18)19-9-10-19)26(35)31-21-13-11-20(12-14-21)29-36-27(3,4)28(5,6)37-29/h11-19,23-24H,7-10H2,1-6H3,(H,31,35)(H,32,34)/t24-/m0/s1. The Morgan fingerprint density at radius 1 is 0.973 bits per heavy atom. The molecule has 1 atom stereocenters. The maximum atomic E-state index is 13.7. The fourth-order valence-corrected chi connectivity index (χ4v) is 5.27. The quantitative estimate of drug-likeness (QED) is 0.503. The molecule has 5 rings (SSSR count). The van der Waals surface area contributed by atoms with Gasteiger partial charge in [-0.25, -0.2) is 0 Å². The first kappa shape index (κ1) is 26.0. The van der Waals surface area contributed by atoms with E-state index in [-0.39, 0.29) is 23.8 Å². The number of nitrogens with zero attached hydrogens (tertiary/aromatic N) is 2. The number of benzene rings is 1. The first-order valence-electron chi connectivity index (χ1n) is 13.6. The van der Waals surface area contributed by atoms with Crippen LogP contribution >= 0.6 is 0 Å². The Bertz CT molecular complexity index is 1120. The zero-order chi connectivity index (χ0) is 26.5. The molecule has 3 aliphatic rings. The molecule has 2 saturated carbocycles. The number of carbonyl (C=O) groups excluding carboxylic acids is 2. The summed E-state index contributed by atoms with van der Waals surface area (Å²) in [5.74, 6) is 0.710. The Balaban J connectivity index is 1.32. The molecule has 37 heavy (non-hydrogen) atoms. The summed E-state index contributed by atoms with van der Waals surface area (Å²) in [6, 6.07) is 8.75. The van der Waals surface area contributed by atoms with Crippen molar-refractivity contribution < 1.29 is 18.9 Å². The van der Waals surface area contributed by atoms with Crippen LogP contribution in [0.2, 0.25) is 0 Å². The summed E-state index contributed by atoms with van der Waals surface area (Å²) in [6.07, 6.45) is 6.10. The van der Waals surface area contributed by atoms with E-state index in [1.165, 1.54) is 0 Å². The monoisotopic (exact) mass is 506 g/mol. The molecular formula is C28H39BN4O4. The van der Waals surface area contributed by atoms with Gasteiger partial charge in [0.2, 0.25) is 5.91 Å². The Labute approximate surface area is 220 Å². The van der Waals surface area contributed by atoms with Gasteiger partial charge in [0.05, 0.1) is 11.2 Å². The first-order valence-corrected chi connectivity index (χ1v) is 13.6. The van der Waals surface area contributed by atoms with Crippen LogP contribution in [0.25, 0.3) is 0 Å². The molecule has 0 radical (unpaired) electrons. The molecule has 1 aliphatic heterocycles. The van der Waals surface area contributed by atoms with Crippen LogP contribution < -0.4 is 16.1 Å². The molecule has 9 heteroatoms. The van der Waals surface area contributed by atoms with Gasteiger partial charge in [0.15, 0.2) is 0 Å².